The Balaban J connectivity index is 1.59. The smallest absolute Gasteiger partial charge is 0.0945 e. The zero-order valence-corrected chi connectivity index (χ0v) is 17.1. The van der Waals surface area contributed by atoms with Crippen LogP contribution < -0.4 is 5.19 Å². The van der Waals surface area contributed by atoms with Crippen molar-refractivity contribution < 1.29 is 0 Å². The first-order chi connectivity index (χ1) is 12.7. The fourth-order valence-electron chi connectivity index (χ4n) is 3.57. The van der Waals surface area contributed by atoms with E-state index in [0.717, 1.165) is 18.1 Å². The molecule has 3 rings (SSSR count). The van der Waals surface area contributed by atoms with Crippen molar-refractivity contribution in [2.24, 2.45) is 0 Å². The summed E-state index contributed by atoms with van der Waals surface area (Å²) < 4.78 is 4.34. The van der Waals surface area contributed by atoms with Gasteiger partial charge in [0.1, 0.15) is 0 Å². The minimum Gasteiger partial charge on any atom is -0.338 e. The second kappa shape index (κ2) is 9.19. The Bertz CT molecular complexity index is 756. The van der Waals surface area contributed by atoms with E-state index in [1.54, 1.807) is 0 Å². The van der Waals surface area contributed by atoms with E-state index >= 15 is 0 Å². The van der Waals surface area contributed by atoms with Gasteiger partial charge in [-0.2, -0.15) is 0 Å². The molecule has 26 heavy (non-hydrogen) atoms. The SMILES string of the molecule is C[Si](CCCCn1ccnc1)(CCCn1ccnc1)c1ccc(Cl)cc1. The molecule has 2 heterocycles. The summed E-state index contributed by atoms with van der Waals surface area (Å²) in [5.74, 6) is 0. The van der Waals surface area contributed by atoms with Crippen molar-refractivity contribution in [2.45, 2.75) is 51.0 Å². The Morgan fingerprint density at radius 3 is 2.00 bits per heavy atom. The van der Waals surface area contributed by atoms with E-state index in [2.05, 4.69) is 37.8 Å². The van der Waals surface area contributed by atoms with Gasteiger partial charge in [0.15, 0.2) is 0 Å². The van der Waals surface area contributed by atoms with Gasteiger partial charge in [0.05, 0.1) is 20.7 Å². The van der Waals surface area contributed by atoms with Crippen LogP contribution in [0.3, 0.4) is 0 Å². The van der Waals surface area contributed by atoms with Crippen LogP contribution >= 0.6 is 11.6 Å². The summed E-state index contributed by atoms with van der Waals surface area (Å²) in [5, 5.41) is 2.35. The van der Waals surface area contributed by atoms with E-state index in [9.17, 15) is 0 Å². The van der Waals surface area contributed by atoms with Crippen LogP contribution in [-0.4, -0.2) is 27.2 Å². The maximum absolute atomic E-state index is 6.11. The predicted octanol–water partition coefficient (Wildman–Crippen LogP) is 4.59. The normalized spacial score (nSPS) is 13.6. The van der Waals surface area contributed by atoms with Gasteiger partial charge in [-0.05, 0) is 25.0 Å². The van der Waals surface area contributed by atoms with Gasteiger partial charge in [-0.25, -0.2) is 9.97 Å². The second-order valence-electron chi connectivity index (χ2n) is 7.23. The first-order valence-electron chi connectivity index (χ1n) is 9.33. The molecule has 0 N–H and O–H groups in total. The van der Waals surface area contributed by atoms with E-state index in [0.29, 0.717) is 0 Å². The fraction of sp³-hybridized carbons (Fsp3) is 0.400. The lowest BCUT2D eigenvalue weighted by Gasteiger charge is -2.28. The number of hydrogen-bond acceptors (Lipinski definition) is 2. The Kier molecular flexibility index (Phi) is 6.69. The third-order valence-electron chi connectivity index (χ3n) is 5.20. The van der Waals surface area contributed by atoms with E-state index in [-0.39, 0.29) is 0 Å². The number of imidazole rings is 2. The maximum atomic E-state index is 6.11. The number of rotatable bonds is 10. The molecule has 0 aliphatic carbocycles. The summed E-state index contributed by atoms with van der Waals surface area (Å²) in [6, 6.07) is 11.2. The Morgan fingerprint density at radius 1 is 0.846 bits per heavy atom. The van der Waals surface area contributed by atoms with Crippen molar-refractivity contribution in [3.63, 3.8) is 0 Å². The molecule has 0 aliphatic heterocycles. The van der Waals surface area contributed by atoms with Gasteiger partial charge in [-0.15, -0.1) is 0 Å². The maximum Gasteiger partial charge on any atom is 0.0945 e. The number of aryl methyl sites for hydroxylation is 2. The van der Waals surface area contributed by atoms with Gasteiger partial charge in [-0.1, -0.05) is 54.0 Å². The molecular formula is C20H27ClN4Si. The van der Waals surface area contributed by atoms with Gasteiger partial charge in [-0.3, -0.25) is 0 Å². The molecule has 1 atom stereocenters. The minimum atomic E-state index is -1.52. The van der Waals surface area contributed by atoms with Crippen molar-refractivity contribution >= 4 is 24.9 Å². The molecule has 1 aromatic carbocycles. The molecule has 0 amide bonds. The number of benzene rings is 1. The lowest BCUT2D eigenvalue weighted by atomic mass is 10.3. The standard InChI is InChI=1S/C20H27ClN4Si/c1-26(20-7-5-19(21)6-8-20,16-4-12-25-14-10-23-18-25)15-3-2-11-24-13-9-22-17-24/h5-10,13-14,17-18H,2-4,11-12,15-16H2,1H3. The number of hydrogen-bond donors (Lipinski definition) is 0. The summed E-state index contributed by atoms with van der Waals surface area (Å²) in [5.41, 5.74) is 0. The number of nitrogens with zero attached hydrogens (tertiary/aromatic N) is 4. The quantitative estimate of drug-likeness (QED) is 0.377. The lowest BCUT2D eigenvalue weighted by Crippen LogP contribution is -2.44. The molecule has 2 aromatic heterocycles. The Morgan fingerprint density at radius 2 is 1.42 bits per heavy atom. The molecule has 0 aliphatic rings. The highest BCUT2D eigenvalue weighted by Gasteiger charge is 2.28. The monoisotopic (exact) mass is 386 g/mol. The molecule has 0 saturated carbocycles. The molecule has 0 saturated heterocycles. The van der Waals surface area contributed by atoms with Crippen LogP contribution in [0.4, 0.5) is 0 Å². The summed E-state index contributed by atoms with van der Waals surface area (Å²) in [4.78, 5) is 8.26. The molecular weight excluding hydrogens is 360 g/mol. The molecule has 138 valence electrons. The van der Waals surface area contributed by atoms with Crippen LogP contribution in [0.1, 0.15) is 19.3 Å². The van der Waals surface area contributed by atoms with Crippen LogP contribution in [0, 0.1) is 0 Å². The lowest BCUT2D eigenvalue weighted by molar-refractivity contribution is 0.626. The molecule has 0 bridgehead atoms. The Labute approximate surface area is 161 Å². The average Bonchev–Trinajstić information content (AvgIpc) is 3.33. The number of halogens is 1. The summed E-state index contributed by atoms with van der Waals surface area (Å²) >= 11 is 6.11. The number of unbranched alkanes of at least 4 members (excludes halogenated alkanes) is 1. The van der Waals surface area contributed by atoms with E-state index < -0.39 is 8.07 Å². The highest BCUT2D eigenvalue weighted by Crippen LogP contribution is 2.23. The summed E-state index contributed by atoms with van der Waals surface area (Å²) in [7, 11) is -1.52. The molecule has 3 aromatic rings. The topological polar surface area (TPSA) is 35.6 Å². The van der Waals surface area contributed by atoms with Gasteiger partial charge in [0.2, 0.25) is 0 Å². The summed E-state index contributed by atoms with van der Waals surface area (Å²) in [6.07, 6.45) is 15.3. The fourth-order valence-corrected chi connectivity index (χ4v) is 7.46. The molecule has 4 nitrogen and oxygen atoms in total. The first kappa shape index (κ1) is 18.9. The van der Waals surface area contributed by atoms with Crippen LogP contribution in [0.2, 0.25) is 23.7 Å². The minimum absolute atomic E-state index is 0.823. The summed E-state index contributed by atoms with van der Waals surface area (Å²) in [6.45, 7) is 4.63. The van der Waals surface area contributed by atoms with Crippen LogP contribution in [-0.2, 0) is 13.1 Å². The highest BCUT2D eigenvalue weighted by molar-refractivity contribution is 6.90. The van der Waals surface area contributed by atoms with E-state index in [1.807, 2.05) is 49.6 Å². The zero-order chi connectivity index (χ0) is 18.2. The van der Waals surface area contributed by atoms with Gasteiger partial charge >= 0.3 is 0 Å². The molecule has 0 spiro atoms. The van der Waals surface area contributed by atoms with Gasteiger partial charge in [0, 0.05) is 42.9 Å². The van der Waals surface area contributed by atoms with Crippen molar-refractivity contribution in [2.75, 3.05) is 0 Å². The predicted molar refractivity (Wildman–Crippen MR) is 111 cm³/mol. The third kappa shape index (κ3) is 5.32. The van der Waals surface area contributed by atoms with Gasteiger partial charge in [0.25, 0.3) is 0 Å². The average molecular weight is 387 g/mol. The van der Waals surface area contributed by atoms with Crippen LogP contribution in [0.5, 0.6) is 0 Å². The van der Waals surface area contributed by atoms with Crippen molar-refractivity contribution in [3.05, 3.63) is 66.7 Å². The molecule has 6 heteroatoms. The molecule has 0 fully saturated rings. The largest absolute Gasteiger partial charge is 0.338 e. The third-order valence-corrected chi connectivity index (χ3v) is 10.1. The van der Waals surface area contributed by atoms with E-state index in [1.165, 1.54) is 36.5 Å². The van der Waals surface area contributed by atoms with E-state index in [4.69, 9.17) is 11.6 Å². The van der Waals surface area contributed by atoms with Crippen molar-refractivity contribution in [1.82, 2.24) is 19.1 Å². The first-order valence-corrected chi connectivity index (χ1v) is 12.6. The highest BCUT2D eigenvalue weighted by atomic mass is 35.5. The number of aromatic nitrogens is 4. The second-order valence-corrected chi connectivity index (χ2v) is 12.4. The van der Waals surface area contributed by atoms with Crippen LogP contribution in [0.25, 0.3) is 0 Å². The van der Waals surface area contributed by atoms with Crippen molar-refractivity contribution in [3.8, 4) is 0 Å². The van der Waals surface area contributed by atoms with Crippen molar-refractivity contribution in [1.29, 1.82) is 0 Å². The van der Waals surface area contributed by atoms with Crippen LogP contribution in [0.15, 0.2) is 61.7 Å². The molecule has 0 radical (unpaired) electrons. The zero-order valence-electron chi connectivity index (χ0n) is 15.4. The Hall–Kier alpha value is -1.85. The molecule has 1 unspecified atom stereocenters. The van der Waals surface area contributed by atoms with Gasteiger partial charge < -0.3 is 9.13 Å².